The summed E-state index contributed by atoms with van der Waals surface area (Å²) in [5, 5.41) is 18.6. The second kappa shape index (κ2) is 9.48. The predicted octanol–water partition coefficient (Wildman–Crippen LogP) is 3.93. The van der Waals surface area contributed by atoms with E-state index in [1.165, 1.54) is 10.5 Å². The van der Waals surface area contributed by atoms with Crippen LogP contribution in [0.25, 0.3) is 0 Å². The third-order valence-corrected chi connectivity index (χ3v) is 7.50. The smallest absolute Gasteiger partial charge is 0.291 e. The molecule has 1 unspecified atom stereocenters. The standard InChI is InChI=1S/C19H18ClF2IN5O2P/c20-17-16(7-24-28(31-23)19(17)30)26-6-5-15-13(9-26)14(10-29)25-27(15)8-11-3-1-2-4-12(11)18(21)22/h1-4,7,18,29,31H,5-6,8-10H2. The van der Waals surface area contributed by atoms with Crippen LogP contribution in [-0.4, -0.2) is 31.0 Å². The monoisotopic (exact) mass is 579 g/mol. The maximum absolute atomic E-state index is 13.4. The van der Waals surface area contributed by atoms with Gasteiger partial charge in [0.25, 0.3) is 12.0 Å². The number of alkyl halides is 2. The fraction of sp³-hybridized carbons (Fsp3) is 0.316. The lowest BCUT2D eigenvalue weighted by atomic mass is 10.0. The van der Waals surface area contributed by atoms with Crippen LogP contribution in [0.15, 0.2) is 35.3 Å². The Morgan fingerprint density at radius 1 is 1.32 bits per heavy atom. The minimum atomic E-state index is -2.57. The van der Waals surface area contributed by atoms with Gasteiger partial charge in [0.2, 0.25) is 0 Å². The molecular weight excluding hydrogens is 562 g/mol. The fourth-order valence-corrected chi connectivity index (χ4v) is 5.42. The minimum Gasteiger partial charge on any atom is -0.390 e. The number of nitrogens with zero attached hydrogens (tertiary/aromatic N) is 5. The highest BCUT2D eigenvalue weighted by Crippen LogP contribution is 2.32. The molecule has 0 radical (unpaired) electrons. The van der Waals surface area contributed by atoms with Gasteiger partial charge in [-0.2, -0.15) is 10.2 Å². The third kappa shape index (κ3) is 4.35. The van der Waals surface area contributed by atoms with Gasteiger partial charge in [0, 0.05) is 36.3 Å². The zero-order valence-corrected chi connectivity index (χ0v) is 20.0. The summed E-state index contributed by atoms with van der Waals surface area (Å²) in [6, 6.07) is 6.39. The van der Waals surface area contributed by atoms with Crippen LogP contribution in [0.1, 0.15) is 34.5 Å². The Balaban J connectivity index is 1.67. The number of aliphatic hydroxyl groups excluding tert-OH is 1. The molecule has 0 bridgehead atoms. The largest absolute Gasteiger partial charge is 0.390 e. The highest BCUT2D eigenvalue weighted by Gasteiger charge is 2.27. The van der Waals surface area contributed by atoms with Crippen molar-refractivity contribution in [3.63, 3.8) is 0 Å². The van der Waals surface area contributed by atoms with Crippen molar-refractivity contribution < 1.29 is 13.9 Å². The summed E-state index contributed by atoms with van der Waals surface area (Å²) >= 11 is 8.38. The zero-order valence-electron chi connectivity index (χ0n) is 16.1. The molecule has 1 aliphatic heterocycles. The van der Waals surface area contributed by atoms with Gasteiger partial charge >= 0.3 is 0 Å². The molecule has 2 aromatic heterocycles. The molecule has 0 amide bonds. The normalized spacial score (nSPS) is 14.1. The van der Waals surface area contributed by atoms with Crippen molar-refractivity contribution in [2.24, 2.45) is 0 Å². The number of hydrogen-bond donors (Lipinski definition) is 1. The summed E-state index contributed by atoms with van der Waals surface area (Å²) in [5.41, 5.74) is 2.84. The minimum absolute atomic E-state index is 0.0240. The molecule has 0 spiro atoms. The van der Waals surface area contributed by atoms with Gasteiger partial charge in [-0.05, 0) is 27.6 Å². The van der Waals surface area contributed by atoms with E-state index in [1.807, 2.05) is 4.90 Å². The van der Waals surface area contributed by atoms with Crippen molar-refractivity contribution in [2.45, 2.75) is 32.5 Å². The predicted molar refractivity (Wildman–Crippen MR) is 125 cm³/mol. The Hall–Kier alpha value is -1.62. The average Bonchev–Trinajstić information content (AvgIpc) is 3.12. The van der Waals surface area contributed by atoms with Crippen molar-refractivity contribution in [1.82, 2.24) is 19.3 Å². The first kappa shape index (κ1) is 22.6. The van der Waals surface area contributed by atoms with Gasteiger partial charge in [0.1, 0.15) is 5.02 Å². The van der Waals surface area contributed by atoms with Crippen molar-refractivity contribution >= 4 is 45.7 Å². The van der Waals surface area contributed by atoms with Crippen LogP contribution in [0.4, 0.5) is 14.5 Å². The van der Waals surface area contributed by atoms with Crippen LogP contribution < -0.4 is 10.5 Å². The first-order valence-corrected chi connectivity index (χ1v) is 13.8. The topological polar surface area (TPSA) is 76.2 Å². The van der Waals surface area contributed by atoms with Gasteiger partial charge in [-0.15, -0.1) is 0 Å². The van der Waals surface area contributed by atoms with Crippen molar-refractivity contribution in [3.8, 4) is 0 Å². The zero-order chi connectivity index (χ0) is 22.1. The van der Waals surface area contributed by atoms with Crippen molar-refractivity contribution in [3.05, 3.63) is 73.9 Å². The highest BCUT2D eigenvalue weighted by molar-refractivity contribution is 14.2. The lowest BCUT2D eigenvalue weighted by Gasteiger charge is -2.30. The molecule has 3 heterocycles. The summed E-state index contributed by atoms with van der Waals surface area (Å²) in [4.78, 5) is 14.3. The molecule has 1 atom stereocenters. The van der Waals surface area contributed by atoms with Crippen molar-refractivity contribution in [1.29, 1.82) is 0 Å². The summed E-state index contributed by atoms with van der Waals surface area (Å²) in [7, 11) is 0. The molecule has 0 saturated carbocycles. The van der Waals surface area contributed by atoms with E-state index in [4.69, 9.17) is 11.6 Å². The van der Waals surface area contributed by atoms with Crippen molar-refractivity contribution in [2.75, 3.05) is 11.4 Å². The molecule has 1 aromatic carbocycles. The van der Waals surface area contributed by atoms with E-state index >= 15 is 0 Å². The van der Waals surface area contributed by atoms with E-state index in [-0.39, 0.29) is 35.7 Å². The van der Waals surface area contributed by atoms with Gasteiger partial charge in [0.05, 0.1) is 37.1 Å². The van der Waals surface area contributed by atoms with E-state index in [9.17, 15) is 18.7 Å². The summed E-state index contributed by atoms with van der Waals surface area (Å²) in [5.74, 6) is 0. The fourth-order valence-electron chi connectivity index (χ4n) is 3.78. The summed E-state index contributed by atoms with van der Waals surface area (Å²) in [6.45, 7) is 0.859. The molecule has 7 nitrogen and oxygen atoms in total. The Morgan fingerprint density at radius 2 is 2.10 bits per heavy atom. The van der Waals surface area contributed by atoms with E-state index in [2.05, 4.69) is 32.2 Å². The van der Waals surface area contributed by atoms with E-state index in [0.717, 1.165) is 11.3 Å². The lowest BCUT2D eigenvalue weighted by molar-refractivity contribution is 0.150. The van der Waals surface area contributed by atoms with Gasteiger partial charge in [0.15, 0.2) is 0 Å². The molecule has 0 aliphatic carbocycles. The maximum Gasteiger partial charge on any atom is 0.291 e. The average molecular weight is 580 g/mol. The highest BCUT2D eigenvalue weighted by atomic mass is 127. The molecular formula is C19H18ClF2IN5O2P. The van der Waals surface area contributed by atoms with Crippen LogP contribution in [-0.2, 0) is 26.1 Å². The lowest BCUT2D eigenvalue weighted by Crippen LogP contribution is -2.33. The third-order valence-electron chi connectivity index (χ3n) is 5.30. The second-order valence-corrected chi connectivity index (χ2v) is 9.42. The van der Waals surface area contributed by atoms with Gasteiger partial charge in [-0.25, -0.2) is 13.2 Å². The molecule has 164 valence electrons. The number of aromatic nitrogens is 4. The Kier molecular flexibility index (Phi) is 6.90. The Bertz CT molecular complexity index is 1170. The van der Waals surface area contributed by atoms with Gasteiger partial charge in [-0.1, -0.05) is 35.9 Å². The molecule has 31 heavy (non-hydrogen) atoms. The van der Waals surface area contributed by atoms with Crippen LogP contribution in [0.3, 0.4) is 0 Å². The van der Waals surface area contributed by atoms with Gasteiger partial charge in [-0.3, -0.25) is 9.48 Å². The first-order chi connectivity index (χ1) is 14.9. The molecule has 1 aliphatic rings. The molecule has 1 N–H and O–H groups in total. The van der Waals surface area contributed by atoms with Crippen LogP contribution in [0.2, 0.25) is 5.02 Å². The number of fused-ring (bicyclic) bond motifs is 1. The molecule has 0 saturated heterocycles. The Morgan fingerprint density at radius 3 is 2.81 bits per heavy atom. The molecule has 3 aromatic rings. The van der Waals surface area contributed by atoms with Gasteiger partial charge < -0.3 is 10.0 Å². The number of anilines is 1. The molecule has 4 rings (SSSR count). The number of hydrogen-bond acceptors (Lipinski definition) is 5. The maximum atomic E-state index is 13.4. The van der Waals surface area contributed by atoms with Crippen LogP contribution >= 0.6 is 40.0 Å². The van der Waals surface area contributed by atoms with Crippen LogP contribution in [0, 0.1) is 0 Å². The summed E-state index contributed by atoms with van der Waals surface area (Å²) in [6.07, 6.45) is -0.294. The Labute approximate surface area is 196 Å². The second-order valence-electron chi connectivity index (χ2n) is 7.00. The quantitative estimate of drug-likeness (QED) is 0.354. The number of aliphatic hydroxyl groups is 1. The SMILES string of the molecule is O=c1c(Cl)c(N2CCc3c(c(CO)nn3Cc3ccccc3C(F)F)C2)cnn1PI. The molecule has 12 heteroatoms. The molecule has 0 fully saturated rings. The van der Waals surface area contributed by atoms with E-state index < -0.39 is 6.43 Å². The summed E-state index contributed by atoms with van der Waals surface area (Å²) < 4.78 is 29.8. The first-order valence-electron chi connectivity index (χ1n) is 9.38. The van der Waals surface area contributed by atoms with E-state index in [1.54, 1.807) is 29.1 Å². The van der Waals surface area contributed by atoms with Crippen LogP contribution in [0.5, 0.6) is 0 Å². The number of benzene rings is 1. The number of rotatable bonds is 6. The van der Waals surface area contributed by atoms with E-state index in [0.29, 0.717) is 36.5 Å². The number of halogens is 4.